The Balaban J connectivity index is 1.94. The lowest BCUT2D eigenvalue weighted by molar-refractivity contribution is -0.114. The number of hydrogen-bond acceptors (Lipinski definition) is 3. The third kappa shape index (κ3) is 4.17. The zero-order chi connectivity index (χ0) is 20.4. The predicted molar refractivity (Wildman–Crippen MR) is 117 cm³/mol. The Morgan fingerprint density at radius 2 is 1.93 bits per heavy atom. The van der Waals surface area contributed by atoms with Crippen LogP contribution < -0.4 is 10.1 Å². The van der Waals surface area contributed by atoms with Gasteiger partial charge in [0.1, 0.15) is 12.4 Å². The van der Waals surface area contributed by atoms with Crippen molar-refractivity contribution in [1.82, 2.24) is 10.2 Å². The summed E-state index contributed by atoms with van der Waals surface area (Å²) in [7, 11) is 1.84. The number of thiocarbonyl (C=S) groups is 1. The fraction of sp³-hybridized carbons (Fsp3) is 0.238. The number of rotatable bonds is 5. The Morgan fingerprint density at radius 1 is 1.21 bits per heavy atom. The first kappa shape index (κ1) is 20.6. The molecule has 0 amide bonds. The van der Waals surface area contributed by atoms with E-state index in [4.69, 9.17) is 40.2 Å². The molecule has 1 atom stereocenters. The summed E-state index contributed by atoms with van der Waals surface area (Å²) in [5, 5.41) is 4.81. The number of hydrogen-bond donors (Lipinski definition) is 1. The zero-order valence-electron chi connectivity index (χ0n) is 15.8. The lowest BCUT2D eigenvalue weighted by Gasteiger charge is -2.36. The smallest absolute Gasteiger partial charge is 0.173 e. The average Bonchev–Trinajstić information content (AvgIpc) is 2.66. The third-order valence-electron chi connectivity index (χ3n) is 4.74. The quantitative estimate of drug-likeness (QED) is 0.646. The van der Waals surface area contributed by atoms with Gasteiger partial charge in [0.2, 0.25) is 0 Å². The van der Waals surface area contributed by atoms with Crippen LogP contribution in [0.4, 0.5) is 0 Å². The van der Waals surface area contributed by atoms with Crippen molar-refractivity contribution in [3.63, 3.8) is 0 Å². The van der Waals surface area contributed by atoms with Crippen molar-refractivity contribution in [3.05, 3.63) is 74.9 Å². The molecule has 1 heterocycles. The molecular formula is C21H20Cl2N2O2S. The lowest BCUT2D eigenvalue weighted by atomic mass is 9.92. The topological polar surface area (TPSA) is 41.6 Å². The molecule has 4 nitrogen and oxygen atoms in total. The largest absolute Gasteiger partial charge is 0.489 e. The Morgan fingerprint density at radius 3 is 2.61 bits per heavy atom. The van der Waals surface area contributed by atoms with Gasteiger partial charge in [0, 0.05) is 23.9 Å². The van der Waals surface area contributed by atoms with Crippen LogP contribution in [-0.4, -0.2) is 22.8 Å². The second-order valence-corrected chi connectivity index (χ2v) is 7.77. The molecule has 1 unspecified atom stereocenters. The van der Waals surface area contributed by atoms with Gasteiger partial charge in [-0.25, -0.2) is 0 Å². The summed E-state index contributed by atoms with van der Waals surface area (Å²) in [5.74, 6) is 0.661. The van der Waals surface area contributed by atoms with Crippen LogP contribution in [0.3, 0.4) is 0 Å². The molecule has 28 heavy (non-hydrogen) atoms. The van der Waals surface area contributed by atoms with Gasteiger partial charge >= 0.3 is 0 Å². The molecule has 146 valence electrons. The molecule has 7 heteroatoms. The van der Waals surface area contributed by atoms with E-state index in [2.05, 4.69) is 5.32 Å². The van der Waals surface area contributed by atoms with E-state index in [9.17, 15) is 4.79 Å². The molecule has 1 aliphatic rings. The first-order valence-electron chi connectivity index (χ1n) is 8.71. The van der Waals surface area contributed by atoms with E-state index in [1.807, 2.05) is 49.2 Å². The van der Waals surface area contributed by atoms with E-state index in [0.717, 1.165) is 16.8 Å². The van der Waals surface area contributed by atoms with Crippen LogP contribution in [-0.2, 0) is 11.4 Å². The summed E-state index contributed by atoms with van der Waals surface area (Å²) < 4.78 is 6.06. The molecular weight excluding hydrogens is 415 g/mol. The van der Waals surface area contributed by atoms with Gasteiger partial charge in [-0.1, -0.05) is 47.5 Å². The highest BCUT2D eigenvalue weighted by atomic mass is 35.5. The maximum absolute atomic E-state index is 12.4. The molecule has 0 saturated carbocycles. The van der Waals surface area contributed by atoms with Crippen molar-refractivity contribution in [1.29, 1.82) is 0 Å². The summed E-state index contributed by atoms with van der Waals surface area (Å²) in [4.78, 5) is 14.2. The zero-order valence-corrected chi connectivity index (χ0v) is 18.1. The van der Waals surface area contributed by atoms with Crippen LogP contribution in [0.15, 0.2) is 53.7 Å². The Labute approximate surface area is 180 Å². The maximum Gasteiger partial charge on any atom is 0.173 e. The number of Topliss-reactive ketones (excluding diaryl/α,β-unsaturated/α-hetero) is 1. The molecule has 0 saturated heterocycles. The number of benzene rings is 2. The van der Waals surface area contributed by atoms with Crippen LogP contribution >= 0.6 is 35.4 Å². The van der Waals surface area contributed by atoms with Gasteiger partial charge in [0.25, 0.3) is 0 Å². The highest BCUT2D eigenvalue weighted by molar-refractivity contribution is 7.80. The highest BCUT2D eigenvalue weighted by Crippen LogP contribution is 2.35. The molecule has 3 rings (SSSR count). The maximum atomic E-state index is 12.4. The van der Waals surface area contributed by atoms with Crippen molar-refractivity contribution in [3.8, 4) is 5.75 Å². The number of halogens is 2. The van der Waals surface area contributed by atoms with Crippen molar-refractivity contribution in [2.24, 2.45) is 0 Å². The van der Waals surface area contributed by atoms with Gasteiger partial charge in [-0.2, -0.15) is 0 Å². The fourth-order valence-electron chi connectivity index (χ4n) is 3.17. The van der Waals surface area contributed by atoms with E-state index >= 15 is 0 Å². The van der Waals surface area contributed by atoms with Crippen molar-refractivity contribution < 1.29 is 9.53 Å². The van der Waals surface area contributed by atoms with E-state index in [0.29, 0.717) is 33.1 Å². The number of allylic oxidation sites excluding steroid dienone is 1. The molecule has 1 aliphatic heterocycles. The van der Waals surface area contributed by atoms with Crippen molar-refractivity contribution in [2.75, 3.05) is 7.05 Å². The number of carbonyl (C=O) groups excluding carboxylic acids is 1. The highest BCUT2D eigenvalue weighted by Gasteiger charge is 2.32. The van der Waals surface area contributed by atoms with Crippen LogP contribution in [0.2, 0.25) is 10.0 Å². The van der Waals surface area contributed by atoms with Gasteiger partial charge in [0.15, 0.2) is 10.9 Å². The minimum atomic E-state index is -0.369. The monoisotopic (exact) mass is 434 g/mol. The molecule has 0 bridgehead atoms. The first-order chi connectivity index (χ1) is 13.3. The van der Waals surface area contributed by atoms with Crippen LogP contribution in [0.1, 0.15) is 31.0 Å². The molecule has 2 aromatic carbocycles. The van der Waals surface area contributed by atoms with Crippen LogP contribution in [0, 0.1) is 0 Å². The number of ether oxygens (including phenoxy) is 1. The van der Waals surface area contributed by atoms with Gasteiger partial charge in [-0.15, -0.1) is 0 Å². The fourth-order valence-corrected chi connectivity index (χ4v) is 3.74. The minimum absolute atomic E-state index is 0.0105. The summed E-state index contributed by atoms with van der Waals surface area (Å²) in [5.41, 5.74) is 3.25. The number of nitrogens with one attached hydrogen (secondary N) is 1. The second-order valence-electron chi connectivity index (χ2n) is 6.57. The van der Waals surface area contributed by atoms with Gasteiger partial charge in [-0.3, -0.25) is 4.79 Å². The molecule has 0 aliphatic carbocycles. The Kier molecular flexibility index (Phi) is 6.28. The average molecular weight is 435 g/mol. The van der Waals surface area contributed by atoms with Crippen LogP contribution in [0.5, 0.6) is 5.75 Å². The van der Waals surface area contributed by atoms with Gasteiger partial charge < -0.3 is 15.0 Å². The van der Waals surface area contributed by atoms with Gasteiger partial charge in [0.05, 0.1) is 16.1 Å². The molecule has 1 N–H and O–H groups in total. The summed E-state index contributed by atoms with van der Waals surface area (Å²) >= 11 is 17.5. The third-order valence-corrected chi connectivity index (χ3v) is 5.87. The first-order valence-corrected chi connectivity index (χ1v) is 9.87. The van der Waals surface area contributed by atoms with Crippen molar-refractivity contribution >= 4 is 46.3 Å². The molecule has 0 fully saturated rings. The molecule has 0 spiro atoms. The van der Waals surface area contributed by atoms with Crippen LogP contribution in [0.25, 0.3) is 0 Å². The summed E-state index contributed by atoms with van der Waals surface area (Å²) in [6.07, 6.45) is 0. The molecule has 0 aromatic heterocycles. The number of ketones is 1. The molecule has 0 radical (unpaired) electrons. The molecule has 2 aromatic rings. The summed E-state index contributed by atoms with van der Waals surface area (Å²) in [6, 6.07) is 12.6. The second kappa shape index (κ2) is 8.52. The minimum Gasteiger partial charge on any atom is -0.489 e. The van der Waals surface area contributed by atoms with Crippen molar-refractivity contribution in [2.45, 2.75) is 26.5 Å². The number of nitrogens with zero attached hydrogens (tertiary/aromatic N) is 1. The van der Waals surface area contributed by atoms with E-state index in [-0.39, 0.29) is 11.8 Å². The lowest BCUT2D eigenvalue weighted by Crippen LogP contribution is -2.45. The van der Waals surface area contributed by atoms with Gasteiger partial charge in [-0.05, 0) is 49.8 Å². The van der Waals surface area contributed by atoms with E-state index < -0.39 is 0 Å². The number of carbonyl (C=O) groups is 1. The Hall–Kier alpha value is -2.08. The van der Waals surface area contributed by atoms with E-state index in [1.165, 1.54) is 0 Å². The normalized spacial score (nSPS) is 16.8. The number of para-hydroxylation sites is 1. The SMILES string of the molecule is CC(=O)C1=C(C)N(C)C(=S)NC1c1ccccc1OCc1ccc(Cl)c(Cl)c1. The standard InChI is InChI=1S/C21H20Cl2N2O2S/c1-12-19(13(2)26)20(24-21(28)25(12)3)15-6-4-5-7-18(15)27-11-14-8-9-16(22)17(23)10-14/h4-10,20H,11H2,1-3H3,(H,24,28). The predicted octanol–water partition coefficient (Wildman–Crippen LogP) is 5.30. The Bertz CT molecular complexity index is 975. The summed E-state index contributed by atoms with van der Waals surface area (Å²) in [6.45, 7) is 3.79. The van der Waals surface area contributed by atoms with E-state index in [1.54, 1.807) is 19.1 Å².